The van der Waals surface area contributed by atoms with Crippen LogP contribution in [0.1, 0.15) is 22.7 Å². The molecule has 1 unspecified atom stereocenters. The van der Waals surface area contributed by atoms with Crippen LogP contribution in [-0.2, 0) is 6.42 Å². The van der Waals surface area contributed by atoms with Crippen molar-refractivity contribution in [2.75, 3.05) is 6.61 Å². The van der Waals surface area contributed by atoms with Crippen LogP contribution in [0.5, 0.6) is 5.75 Å². The van der Waals surface area contributed by atoms with Crippen LogP contribution >= 0.6 is 23.2 Å². The van der Waals surface area contributed by atoms with Gasteiger partial charge in [-0.2, -0.15) is 0 Å². The van der Waals surface area contributed by atoms with Crippen LogP contribution in [0.3, 0.4) is 0 Å². The number of fused-ring (bicyclic) bond motifs is 1. The topological polar surface area (TPSA) is 35.2 Å². The molecule has 2 N–H and O–H groups in total. The average Bonchev–Trinajstić information content (AvgIpc) is 2.85. The summed E-state index contributed by atoms with van der Waals surface area (Å²) in [5.41, 5.74) is 9.32. The fourth-order valence-electron chi connectivity index (χ4n) is 2.41. The summed E-state index contributed by atoms with van der Waals surface area (Å²) >= 11 is 12.2. The van der Waals surface area contributed by atoms with Gasteiger partial charge in [-0.15, -0.1) is 0 Å². The Bertz CT molecular complexity index is 628. The molecule has 0 spiro atoms. The molecule has 0 fully saturated rings. The fraction of sp³-hybridized carbons (Fsp3) is 0.200. The lowest BCUT2D eigenvalue weighted by molar-refractivity contribution is 0.352. The molecule has 1 heterocycles. The van der Waals surface area contributed by atoms with E-state index in [2.05, 4.69) is 0 Å². The van der Waals surface area contributed by atoms with Crippen molar-refractivity contribution in [3.05, 3.63) is 63.1 Å². The number of rotatable bonds is 2. The molecule has 3 rings (SSSR count). The molecule has 19 heavy (non-hydrogen) atoms. The van der Waals surface area contributed by atoms with Crippen LogP contribution in [0.15, 0.2) is 36.4 Å². The molecule has 0 amide bonds. The van der Waals surface area contributed by atoms with E-state index in [-0.39, 0.29) is 6.04 Å². The number of benzene rings is 2. The van der Waals surface area contributed by atoms with Gasteiger partial charge in [-0.25, -0.2) is 0 Å². The third kappa shape index (κ3) is 2.44. The zero-order valence-electron chi connectivity index (χ0n) is 10.2. The lowest BCUT2D eigenvalue weighted by atomic mass is 9.96. The summed E-state index contributed by atoms with van der Waals surface area (Å²) in [6.45, 7) is 0.685. The number of hydrogen-bond acceptors (Lipinski definition) is 2. The molecule has 0 saturated heterocycles. The molecule has 0 bridgehead atoms. The van der Waals surface area contributed by atoms with Crippen molar-refractivity contribution < 1.29 is 4.74 Å². The molecule has 1 aliphatic heterocycles. The molecule has 4 heteroatoms. The minimum Gasteiger partial charge on any atom is -0.493 e. The van der Waals surface area contributed by atoms with Gasteiger partial charge in [0, 0.05) is 22.0 Å². The number of hydrogen-bond donors (Lipinski definition) is 1. The molecule has 2 aromatic rings. The summed E-state index contributed by atoms with van der Waals surface area (Å²) in [6, 6.07) is 11.1. The fourth-order valence-corrected chi connectivity index (χ4v) is 2.86. The molecule has 0 saturated carbocycles. The quantitative estimate of drug-likeness (QED) is 0.909. The van der Waals surface area contributed by atoms with Gasteiger partial charge < -0.3 is 10.5 Å². The van der Waals surface area contributed by atoms with Crippen LogP contribution in [0.25, 0.3) is 0 Å². The Kier molecular flexibility index (Phi) is 3.40. The lowest BCUT2D eigenvalue weighted by Crippen LogP contribution is -2.13. The molecule has 2 aromatic carbocycles. The molecule has 98 valence electrons. The predicted octanol–water partition coefficient (Wildman–Crippen LogP) is 3.98. The number of nitrogens with two attached hydrogens (primary N) is 1. The minimum atomic E-state index is -0.288. The molecule has 0 radical (unpaired) electrons. The van der Waals surface area contributed by atoms with E-state index in [4.69, 9.17) is 33.7 Å². The first-order valence-corrected chi connectivity index (χ1v) is 6.87. The molecule has 1 atom stereocenters. The van der Waals surface area contributed by atoms with Gasteiger partial charge in [-0.1, -0.05) is 35.3 Å². The highest BCUT2D eigenvalue weighted by molar-refractivity contribution is 6.31. The maximum absolute atomic E-state index is 6.33. The van der Waals surface area contributed by atoms with Gasteiger partial charge in [0.25, 0.3) is 0 Å². The van der Waals surface area contributed by atoms with Gasteiger partial charge in [-0.05, 0) is 35.4 Å². The smallest absolute Gasteiger partial charge is 0.127 e. The van der Waals surface area contributed by atoms with Gasteiger partial charge in [0.15, 0.2) is 0 Å². The molecule has 0 aliphatic carbocycles. The lowest BCUT2D eigenvalue weighted by Gasteiger charge is -2.16. The summed E-state index contributed by atoms with van der Waals surface area (Å²) < 4.78 is 5.69. The second-order valence-electron chi connectivity index (χ2n) is 4.61. The average molecular weight is 294 g/mol. The largest absolute Gasteiger partial charge is 0.493 e. The van der Waals surface area contributed by atoms with Crippen LogP contribution in [0, 0.1) is 0 Å². The van der Waals surface area contributed by atoms with Gasteiger partial charge in [0.05, 0.1) is 12.6 Å². The zero-order chi connectivity index (χ0) is 13.4. The Morgan fingerprint density at radius 3 is 2.74 bits per heavy atom. The Morgan fingerprint density at radius 1 is 1.11 bits per heavy atom. The van der Waals surface area contributed by atoms with Crippen LogP contribution in [-0.4, -0.2) is 6.61 Å². The van der Waals surface area contributed by atoms with Crippen molar-refractivity contribution in [1.82, 2.24) is 0 Å². The first-order chi connectivity index (χ1) is 9.15. The highest BCUT2D eigenvalue weighted by atomic mass is 35.5. The van der Waals surface area contributed by atoms with Crippen LogP contribution in [0.2, 0.25) is 10.0 Å². The van der Waals surface area contributed by atoms with E-state index < -0.39 is 0 Å². The highest BCUT2D eigenvalue weighted by Crippen LogP contribution is 2.37. The summed E-state index contributed by atoms with van der Waals surface area (Å²) in [5.74, 6) is 0.872. The van der Waals surface area contributed by atoms with Gasteiger partial charge in [0.1, 0.15) is 5.75 Å². The summed E-state index contributed by atoms with van der Waals surface area (Å²) in [5, 5.41) is 1.37. The number of ether oxygens (including phenoxy) is 1. The summed E-state index contributed by atoms with van der Waals surface area (Å²) in [7, 11) is 0. The molecular weight excluding hydrogens is 281 g/mol. The van der Waals surface area contributed by atoms with Gasteiger partial charge in [-0.3, -0.25) is 0 Å². The SMILES string of the molecule is NC(c1cccc(Cl)c1)c1cc(Cl)cc2c1OCC2. The van der Waals surface area contributed by atoms with Crippen LogP contribution < -0.4 is 10.5 Å². The first kappa shape index (κ1) is 12.8. The Morgan fingerprint density at radius 2 is 1.95 bits per heavy atom. The highest BCUT2D eigenvalue weighted by Gasteiger charge is 2.22. The van der Waals surface area contributed by atoms with Gasteiger partial charge >= 0.3 is 0 Å². The monoisotopic (exact) mass is 293 g/mol. The predicted molar refractivity (Wildman–Crippen MR) is 78.1 cm³/mol. The van der Waals surface area contributed by atoms with Crippen molar-refractivity contribution in [3.8, 4) is 5.75 Å². The maximum Gasteiger partial charge on any atom is 0.127 e. The molecule has 1 aliphatic rings. The van der Waals surface area contributed by atoms with Crippen molar-refractivity contribution in [1.29, 1.82) is 0 Å². The molecule has 0 aromatic heterocycles. The Labute approximate surface area is 122 Å². The van der Waals surface area contributed by atoms with Crippen molar-refractivity contribution in [2.24, 2.45) is 5.73 Å². The maximum atomic E-state index is 6.33. The summed E-state index contributed by atoms with van der Waals surface area (Å²) in [4.78, 5) is 0. The van der Waals surface area contributed by atoms with E-state index in [1.54, 1.807) is 0 Å². The third-order valence-corrected chi connectivity index (χ3v) is 3.77. The molecule has 2 nitrogen and oxygen atoms in total. The minimum absolute atomic E-state index is 0.288. The van der Waals surface area contributed by atoms with E-state index in [9.17, 15) is 0 Å². The number of halogens is 2. The summed E-state index contributed by atoms with van der Waals surface area (Å²) in [6.07, 6.45) is 0.880. The second kappa shape index (κ2) is 5.04. The van der Waals surface area contributed by atoms with Crippen molar-refractivity contribution in [3.63, 3.8) is 0 Å². The van der Waals surface area contributed by atoms with E-state index >= 15 is 0 Å². The van der Waals surface area contributed by atoms with E-state index in [1.807, 2.05) is 36.4 Å². The Balaban J connectivity index is 2.07. The van der Waals surface area contributed by atoms with E-state index in [0.29, 0.717) is 16.7 Å². The van der Waals surface area contributed by atoms with Crippen LogP contribution in [0.4, 0.5) is 0 Å². The zero-order valence-corrected chi connectivity index (χ0v) is 11.7. The van der Waals surface area contributed by atoms with Crippen molar-refractivity contribution in [2.45, 2.75) is 12.5 Å². The van der Waals surface area contributed by atoms with Crippen molar-refractivity contribution >= 4 is 23.2 Å². The van der Waals surface area contributed by atoms with Gasteiger partial charge in [0.2, 0.25) is 0 Å². The Hall–Kier alpha value is -1.22. The standard InChI is InChI=1S/C15H13Cl2NO/c16-11-3-1-2-9(6-11)14(18)13-8-12(17)7-10-4-5-19-15(10)13/h1-3,6-8,14H,4-5,18H2. The normalized spacial score (nSPS) is 14.9. The molecular formula is C15H13Cl2NO. The van der Waals surface area contributed by atoms with E-state index in [0.717, 1.165) is 28.9 Å². The van der Waals surface area contributed by atoms with E-state index in [1.165, 1.54) is 0 Å². The second-order valence-corrected chi connectivity index (χ2v) is 5.49. The third-order valence-electron chi connectivity index (χ3n) is 3.32. The first-order valence-electron chi connectivity index (χ1n) is 6.11.